The summed E-state index contributed by atoms with van der Waals surface area (Å²) in [5.41, 5.74) is 1.36. The maximum Gasteiger partial charge on any atom is 0.123 e. The summed E-state index contributed by atoms with van der Waals surface area (Å²) in [5.74, 6) is 1.89. The van der Waals surface area contributed by atoms with E-state index in [1.165, 1.54) is 24.8 Å². The fourth-order valence-corrected chi connectivity index (χ4v) is 10.6. The number of fused-ring (bicyclic) bond motifs is 1. The Morgan fingerprint density at radius 1 is 1.30 bits per heavy atom. The van der Waals surface area contributed by atoms with Crippen LogP contribution in [0.1, 0.15) is 45.4 Å². The first-order valence-corrected chi connectivity index (χ1v) is 9.73. The fraction of sp³-hybridized carbons (Fsp3) is 0.900. The van der Waals surface area contributed by atoms with Gasteiger partial charge in [-0.3, -0.25) is 4.90 Å². The minimum Gasteiger partial charge on any atom is -0.392 e. The molecule has 0 aromatic carbocycles. The Morgan fingerprint density at radius 2 is 2.13 bits per heavy atom. The molecule has 9 rings (SSSR count). The summed E-state index contributed by atoms with van der Waals surface area (Å²) in [6.07, 6.45) is 6.75. The van der Waals surface area contributed by atoms with Crippen molar-refractivity contribution in [1.29, 1.82) is 0 Å². The van der Waals surface area contributed by atoms with Gasteiger partial charge in [-0.25, -0.2) is 0 Å². The van der Waals surface area contributed by atoms with Crippen molar-refractivity contribution < 1.29 is 10.2 Å². The highest BCUT2D eigenvalue weighted by atomic mass is 16.3. The molecule has 3 heteroatoms. The van der Waals surface area contributed by atoms with Crippen molar-refractivity contribution in [2.24, 2.45) is 39.9 Å². The van der Waals surface area contributed by atoms with Gasteiger partial charge in [0.25, 0.3) is 0 Å². The molecular formula is C20H27NO2. The van der Waals surface area contributed by atoms with Crippen LogP contribution in [-0.4, -0.2) is 39.5 Å². The second-order valence-corrected chi connectivity index (χ2v) is 10.7. The molecule has 11 atom stereocenters. The molecule has 3 saturated heterocycles. The number of hydrogen-bond donors (Lipinski definition) is 2. The molecule has 3 heterocycles. The van der Waals surface area contributed by atoms with Crippen LogP contribution in [0.2, 0.25) is 0 Å². The topological polar surface area (TPSA) is 43.7 Å². The minimum atomic E-state index is -0.572. The molecule has 9 aliphatic rings. The second kappa shape index (κ2) is 3.08. The predicted molar refractivity (Wildman–Crippen MR) is 85.2 cm³/mol. The van der Waals surface area contributed by atoms with E-state index in [0.29, 0.717) is 29.7 Å². The van der Waals surface area contributed by atoms with E-state index in [4.69, 9.17) is 0 Å². The molecule has 6 saturated carbocycles. The zero-order valence-electron chi connectivity index (χ0n) is 14.0. The SMILES string of the molecule is C=C1C[C@]23C[C@@]4(O)[C@@H]5[C@@]6(C)CCC[C@]57[C@@H]([C@@H]2C[C@@H]1[C@@H](O)[C@@H]37)N4C6. The molecule has 0 aromatic heterocycles. The van der Waals surface area contributed by atoms with E-state index in [1.54, 1.807) is 0 Å². The summed E-state index contributed by atoms with van der Waals surface area (Å²) in [5, 5.41) is 23.2. The minimum absolute atomic E-state index is 0.167. The first-order valence-electron chi connectivity index (χ1n) is 9.73. The van der Waals surface area contributed by atoms with Gasteiger partial charge >= 0.3 is 0 Å². The number of rotatable bonds is 0. The van der Waals surface area contributed by atoms with Gasteiger partial charge in [0.05, 0.1) is 6.10 Å². The van der Waals surface area contributed by atoms with Crippen LogP contribution in [0, 0.1) is 39.9 Å². The van der Waals surface area contributed by atoms with Crippen LogP contribution in [0.25, 0.3) is 0 Å². The van der Waals surface area contributed by atoms with Gasteiger partial charge in [-0.15, -0.1) is 0 Å². The summed E-state index contributed by atoms with van der Waals surface area (Å²) in [6.45, 7) is 7.87. The number of nitrogens with zero attached hydrogens (tertiary/aromatic N) is 1. The first-order chi connectivity index (χ1) is 10.9. The lowest BCUT2D eigenvalue weighted by molar-refractivity contribution is -0.246. The van der Waals surface area contributed by atoms with Crippen LogP contribution in [-0.2, 0) is 0 Å². The monoisotopic (exact) mass is 313 g/mol. The highest BCUT2D eigenvalue weighted by molar-refractivity contribution is 5.42. The predicted octanol–water partition coefficient (Wildman–Crippen LogP) is 2.14. The molecule has 0 amide bonds. The molecule has 0 radical (unpaired) electrons. The molecular weight excluding hydrogens is 286 g/mol. The molecule has 2 spiro atoms. The number of aliphatic hydroxyl groups is 2. The molecule has 6 aliphatic carbocycles. The van der Waals surface area contributed by atoms with Gasteiger partial charge in [0.1, 0.15) is 5.72 Å². The Labute approximate surface area is 137 Å². The van der Waals surface area contributed by atoms with Gasteiger partial charge in [0, 0.05) is 24.4 Å². The van der Waals surface area contributed by atoms with Crippen molar-refractivity contribution >= 4 is 0 Å². The maximum absolute atomic E-state index is 11.8. The fourth-order valence-electron chi connectivity index (χ4n) is 10.6. The third-order valence-electron chi connectivity index (χ3n) is 10.2. The van der Waals surface area contributed by atoms with Gasteiger partial charge in [-0.05, 0) is 60.2 Å². The van der Waals surface area contributed by atoms with E-state index in [9.17, 15) is 10.2 Å². The highest BCUT2D eigenvalue weighted by Gasteiger charge is 2.91. The van der Waals surface area contributed by atoms with Gasteiger partial charge in [-0.1, -0.05) is 25.5 Å². The smallest absolute Gasteiger partial charge is 0.123 e. The highest BCUT2D eigenvalue weighted by Crippen LogP contribution is 2.88. The van der Waals surface area contributed by atoms with Crippen molar-refractivity contribution in [2.45, 2.75) is 63.3 Å². The first kappa shape index (κ1) is 12.9. The zero-order chi connectivity index (χ0) is 15.6. The summed E-state index contributed by atoms with van der Waals surface area (Å²) in [6, 6.07) is 0.553. The van der Waals surface area contributed by atoms with E-state index in [2.05, 4.69) is 18.4 Å². The molecule has 9 fully saturated rings. The van der Waals surface area contributed by atoms with Crippen LogP contribution < -0.4 is 0 Å². The third kappa shape index (κ3) is 0.910. The molecule has 23 heavy (non-hydrogen) atoms. The third-order valence-corrected chi connectivity index (χ3v) is 10.2. The standard InChI is InChI=1S/C20H27NO2/c1-10-7-18-8-20(23)16-17(2)4-3-5-19(16)14(18)13(22)11(10)6-12(18)15(19)21(20)9-17/h11-16,22-23H,1,3-9H2,2H3/t11-,12-,13+,14-,15+,16+,17-,18-,19-,20+/m0/s1. The van der Waals surface area contributed by atoms with Crippen LogP contribution >= 0.6 is 0 Å². The van der Waals surface area contributed by atoms with E-state index in [0.717, 1.165) is 25.8 Å². The molecule has 3 nitrogen and oxygen atoms in total. The number of piperidine rings is 2. The number of aliphatic hydroxyl groups excluding tert-OH is 1. The van der Waals surface area contributed by atoms with Crippen molar-refractivity contribution in [3.05, 3.63) is 12.2 Å². The van der Waals surface area contributed by atoms with Gasteiger partial charge in [-0.2, -0.15) is 0 Å². The van der Waals surface area contributed by atoms with E-state index in [1.807, 2.05) is 0 Å². The van der Waals surface area contributed by atoms with E-state index in [-0.39, 0.29) is 22.3 Å². The average Bonchev–Trinajstić information content (AvgIpc) is 2.81. The molecule has 0 aromatic rings. The summed E-state index contributed by atoms with van der Waals surface area (Å²) in [4.78, 5) is 2.56. The lowest BCUT2D eigenvalue weighted by Gasteiger charge is -2.66. The molecule has 1 unspecified atom stereocenters. The van der Waals surface area contributed by atoms with Crippen molar-refractivity contribution in [3.8, 4) is 0 Å². The lowest BCUT2D eigenvalue weighted by atomic mass is 9.39. The van der Waals surface area contributed by atoms with E-state index >= 15 is 0 Å². The van der Waals surface area contributed by atoms with Crippen LogP contribution in [0.4, 0.5) is 0 Å². The molecule has 124 valence electrons. The zero-order valence-corrected chi connectivity index (χ0v) is 14.0. The molecule has 2 N–H and O–H groups in total. The quantitative estimate of drug-likeness (QED) is 0.674. The Morgan fingerprint density at radius 3 is 2.96 bits per heavy atom. The molecule has 3 aliphatic heterocycles. The van der Waals surface area contributed by atoms with Gasteiger partial charge in [0.2, 0.25) is 0 Å². The van der Waals surface area contributed by atoms with Crippen LogP contribution in [0.5, 0.6) is 0 Å². The summed E-state index contributed by atoms with van der Waals surface area (Å²) >= 11 is 0. The summed E-state index contributed by atoms with van der Waals surface area (Å²) in [7, 11) is 0. The van der Waals surface area contributed by atoms with Crippen molar-refractivity contribution in [1.82, 2.24) is 4.90 Å². The van der Waals surface area contributed by atoms with Crippen LogP contribution in [0.3, 0.4) is 0 Å². The summed E-state index contributed by atoms with van der Waals surface area (Å²) < 4.78 is 0. The average molecular weight is 313 g/mol. The Hall–Kier alpha value is -0.380. The van der Waals surface area contributed by atoms with E-state index < -0.39 is 5.72 Å². The van der Waals surface area contributed by atoms with Gasteiger partial charge in [0.15, 0.2) is 0 Å². The van der Waals surface area contributed by atoms with Crippen molar-refractivity contribution in [2.75, 3.05) is 6.54 Å². The molecule has 9 bridgehead atoms. The second-order valence-electron chi connectivity index (χ2n) is 10.7. The maximum atomic E-state index is 11.8. The normalized spacial score (nSPS) is 75.6. The Balaban J connectivity index is 1.56. The lowest BCUT2D eigenvalue weighted by Crippen LogP contribution is -2.67. The van der Waals surface area contributed by atoms with Crippen LogP contribution in [0.15, 0.2) is 12.2 Å². The Bertz CT molecular complexity index is 691. The Kier molecular flexibility index (Phi) is 1.73. The largest absolute Gasteiger partial charge is 0.392 e. The van der Waals surface area contributed by atoms with Crippen molar-refractivity contribution in [3.63, 3.8) is 0 Å². The number of hydrogen-bond acceptors (Lipinski definition) is 3. The van der Waals surface area contributed by atoms with Gasteiger partial charge < -0.3 is 10.2 Å².